The van der Waals surface area contributed by atoms with Crippen molar-refractivity contribution in [3.8, 4) is 5.88 Å². The lowest BCUT2D eigenvalue weighted by Gasteiger charge is -2.23. The van der Waals surface area contributed by atoms with Gasteiger partial charge in [0.25, 0.3) is 12.0 Å². The highest BCUT2D eigenvalue weighted by atomic mass is 19.4. The van der Waals surface area contributed by atoms with Gasteiger partial charge in [-0.05, 0) is 6.92 Å². The van der Waals surface area contributed by atoms with Crippen molar-refractivity contribution in [3.05, 3.63) is 15.8 Å². The number of nitro groups is 1. The molecule has 0 aliphatic heterocycles. The first-order chi connectivity index (χ1) is 9.34. The molecule has 0 aliphatic rings. The van der Waals surface area contributed by atoms with E-state index >= 15 is 0 Å². The summed E-state index contributed by atoms with van der Waals surface area (Å²) in [5.41, 5.74) is 3.26. The Kier molecular flexibility index (Phi) is 4.15. The molecule has 21 heavy (non-hydrogen) atoms. The predicted molar refractivity (Wildman–Crippen MR) is 54.4 cm³/mol. The number of hydrogen-bond donors (Lipinski definition) is 1. The molecule has 0 atom stereocenters. The van der Waals surface area contributed by atoms with Gasteiger partial charge in [0.1, 0.15) is 5.69 Å². The molecule has 0 bridgehead atoms. The molecule has 7 nitrogen and oxygen atoms in total. The third-order valence-electron chi connectivity index (χ3n) is 2.05. The van der Waals surface area contributed by atoms with Crippen LogP contribution in [0.1, 0.15) is 5.69 Å². The lowest BCUT2D eigenvalue weighted by Crippen LogP contribution is -2.46. The standard InChI is InChI=1S/C8H6F6N4O3/c1-2-3(18(19)20)4(17-6(15)16-2)21-5(7(9,10)11)8(12,13)14/h5H,1H3,(H2,15,16,17). The maximum atomic E-state index is 12.3. The summed E-state index contributed by atoms with van der Waals surface area (Å²) in [6.07, 6.45) is -16.0. The Balaban J connectivity index is 3.37. The zero-order chi connectivity index (χ0) is 16.6. The summed E-state index contributed by atoms with van der Waals surface area (Å²) < 4.78 is 77.8. The van der Waals surface area contributed by atoms with Crippen molar-refractivity contribution in [3.63, 3.8) is 0 Å². The molecular formula is C8H6F6N4O3. The molecule has 0 spiro atoms. The van der Waals surface area contributed by atoms with E-state index in [2.05, 4.69) is 14.7 Å². The summed E-state index contributed by atoms with van der Waals surface area (Å²) in [4.78, 5) is 15.6. The molecule has 0 saturated carbocycles. The van der Waals surface area contributed by atoms with Crippen molar-refractivity contribution < 1.29 is 36.0 Å². The van der Waals surface area contributed by atoms with Gasteiger partial charge in [-0.3, -0.25) is 10.1 Å². The molecule has 1 aromatic heterocycles. The van der Waals surface area contributed by atoms with E-state index in [0.717, 1.165) is 6.92 Å². The zero-order valence-corrected chi connectivity index (χ0v) is 9.99. The zero-order valence-electron chi connectivity index (χ0n) is 9.99. The van der Waals surface area contributed by atoms with Crippen molar-refractivity contribution >= 4 is 11.6 Å². The van der Waals surface area contributed by atoms with Crippen LogP contribution in [-0.4, -0.2) is 33.3 Å². The van der Waals surface area contributed by atoms with Gasteiger partial charge < -0.3 is 10.5 Å². The number of hydrogen-bond acceptors (Lipinski definition) is 6. The van der Waals surface area contributed by atoms with E-state index in [-0.39, 0.29) is 0 Å². The minimum absolute atomic E-state index is 0.536. The summed E-state index contributed by atoms with van der Waals surface area (Å²) in [7, 11) is 0. The number of nitrogens with two attached hydrogens (primary N) is 1. The Morgan fingerprint density at radius 3 is 2.05 bits per heavy atom. The van der Waals surface area contributed by atoms with E-state index in [9.17, 15) is 36.5 Å². The fourth-order valence-electron chi connectivity index (χ4n) is 1.28. The Hall–Kier alpha value is -2.34. The van der Waals surface area contributed by atoms with Crippen LogP contribution >= 0.6 is 0 Å². The minimum atomic E-state index is -5.85. The first kappa shape index (κ1) is 16.7. The Bertz CT molecular complexity index is 544. The van der Waals surface area contributed by atoms with Crippen LogP contribution in [0.4, 0.5) is 38.0 Å². The quantitative estimate of drug-likeness (QED) is 0.520. The van der Waals surface area contributed by atoms with E-state index in [4.69, 9.17) is 5.73 Å². The highest BCUT2D eigenvalue weighted by Gasteiger charge is 2.60. The van der Waals surface area contributed by atoms with Crippen LogP contribution in [0, 0.1) is 17.0 Å². The van der Waals surface area contributed by atoms with Crippen LogP contribution in [0.3, 0.4) is 0 Å². The smallest absolute Gasteiger partial charge is 0.434 e. The molecule has 0 fully saturated rings. The molecule has 1 aromatic rings. The van der Waals surface area contributed by atoms with Gasteiger partial charge in [-0.2, -0.15) is 31.3 Å². The number of nitrogens with zero attached hydrogens (tertiary/aromatic N) is 3. The van der Waals surface area contributed by atoms with Crippen LogP contribution in [0.25, 0.3) is 0 Å². The molecule has 0 unspecified atom stereocenters. The number of aromatic nitrogens is 2. The largest absolute Gasteiger partial charge is 0.450 e. The average molecular weight is 320 g/mol. The average Bonchev–Trinajstić information content (AvgIpc) is 2.20. The fourth-order valence-corrected chi connectivity index (χ4v) is 1.28. The fraction of sp³-hybridized carbons (Fsp3) is 0.500. The molecule has 2 N–H and O–H groups in total. The Morgan fingerprint density at radius 2 is 1.67 bits per heavy atom. The van der Waals surface area contributed by atoms with Crippen LogP contribution in [0.2, 0.25) is 0 Å². The molecular weight excluding hydrogens is 314 g/mol. The van der Waals surface area contributed by atoms with Crippen molar-refractivity contribution in [2.24, 2.45) is 0 Å². The first-order valence-electron chi connectivity index (χ1n) is 4.92. The number of aryl methyl sites for hydroxylation is 1. The van der Waals surface area contributed by atoms with Crippen LogP contribution in [-0.2, 0) is 0 Å². The Labute approximate surface area is 111 Å². The maximum absolute atomic E-state index is 12.3. The molecule has 0 saturated heterocycles. The van der Waals surface area contributed by atoms with Crippen molar-refractivity contribution in [1.82, 2.24) is 9.97 Å². The number of rotatable bonds is 3. The van der Waals surface area contributed by atoms with Crippen molar-refractivity contribution in [2.75, 3.05) is 5.73 Å². The SMILES string of the molecule is Cc1nc(N)nc(OC(C(F)(F)F)C(F)(F)F)c1[N+](=O)[O-]. The Morgan fingerprint density at radius 1 is 1.19 bits per heavy atom. The van der Waals surface area contributed by atoms with Gasteiger partial charge in [-0.25, -0.2) is 4.98 Å². The number of ether oxygens (including phenoxy) is 1. The molecule has 13 heteroatoms. The van der Waals surface area contributed by atoms with E-state index in [1.54, 1.807) is 0 Å². The molecule has 0 amide bonds. The second-order valence-corrected chi connectivity index (χ2v) is 3.66. The predicted octanol–water partition coefficient (Wildman–Crippen LogP) is 2.15. The normalized spacial score (nSPS) is 12.6. The highest BCUT2D eigenvalue weighted by molar-refractivity contribution is 5.47. The summed E-state index contributed by atoms with van der Waals surface area (Å²) in [6, 6.07) is 0. The van der Waals surface area contributed by atoms with Gasteiger partial charge in [-0.15, -0.1) is 0 Å². The molecule has 1 heterocycles. The van der Waals surface area contributed by atoms with Crippen LogP contribution in [0.15, 0.2) is 0 Å². The first-order valence-corrected chi connectivity index (χ1v) is 4.92. The van der Waals surface area contributed by atoms with E-state index in [1.165, 1.54) is 0 Å². The molecule has 118 valence electrons. The summed E-state index contributed by atoms with van der Waals surface area (Å²) >= 11 is 0. The number of anilines is 1. The maximum Gasteiger partial charge on any atom is 0.434 e. The van der Waals surface area contributed by atoms with E-state index in [0.29, 0.717) is 0 Å². The molecule has 0 radical (unpaired) electrons. The second-order valence-electron chi connectivity index (χ2n) is 3.66. The summed E-state index contributed by atoms with van der Waals surface area (Å²) in [5.74, 6) is -2.28. The lowest BCUT2D eigenvalue weighted by molar-refractivity contribution is -0.388. The second kappa shape index (κ2) is 5.21. The monoisotopic (exact) mass is 320 g/mol. The molecule has 0 aliphatic carbocycles. The molecule has 1 rings (SSSR count). The van der Waals surface area contributed by atoms with Gasteiger partial charge in [0.05, 0.1) is 4.92 Å². The topological polar surface area (TPSA) is 104 Å². The van der Waals surface area contributed by atoms with Crippen LogP contribution < -0.4 is 10.5 Å². The van der Waals surface area contributed by atoms with Crippen LogP contribution in [0.5, 0.6) is 5.88 Å². The lowest BCUT2D eigenvalue weighted by atomic mass is 10.3. The van der Waals surface area contributed by atoms with Crippen molar-refractivity contribution in [2.45, 2.75) is 25.4 Å². The van der Waals surface area contributed by atoms with Crippen molar-refractivity contribution in [1.29, 1.82) is 0 Å². The summed E-state index contributed by atoms with van der Waals surface area (Å²) in [6.45, 7) is 0.958. The third kappa shape index (κ3) is 3.82. The van der Waals surface area contributed by atoms with Gasteiger partial charge in [0.15, 0.2) is 0 Å². The summed E-state index contributed by atoms with van der Waals surface area (Å²) in [5, 5.41) is 10.7. The highest BCUT2D eigenvalue weighted by Crippen LogP contribution is 2.38. The van der Waals surface area contributed by atoms with Gasteiger partial charge in [-0.1, -0.05) is 0 Å². The number of nitrogen functional groups attached to an aromatic ring is 1. The van der Waals surface area contributed by atoms with E-state index in [1.807, 2.05) is 0 Å². The minimum Gasteiger partial charge on any atom is -0.450 e. The van der Waals surface area contributed by atoms with Gasteiger partial charge in [0.2, 0.25) is 5.95 Å². The van der Waals surface area contributed by atoms with E-state index < -0.39 is 46.6 Å². The van der Waals surface area contributed by atoms with Gasteiger partial charge >= 0.3 is 18.0 Å². The number of halogens is 6. The third-order valence-corrected chi connectivity index (χ3v) is 2.05. The molecule has 0 aromatic carbocycles. The number of alkyl halides is 6. The van der Waals surface area contributed by atoms with Gasteiger partial charge in [0, 0.05) is 0 Å².